The summed E-state index contributed by atoms with van der Waals surface area (Å²) in [5.74, 6) is -1.81. The Kier molecular flexibility index (Phi) is 1.58. The molecule has 1 spiro atoms. The molecule has 4 saturated heterocycles. The van der Waals surface area contributed by atoms with Gasteiger partial charge >= 0.3 is 11.9 Å². The predicted octanol–water partition coefficient (Wildman–Crippen LogP) is -0.849. The highest BCUT2D eigenvalue weighted by Gasteiger charge is 2.96. The van der Waals surface area contributed by atoms with Gasteiger partial charge < -0.3 is 24.1 Å². The number of ether oxygens (including phenoxy) is 4. The second-order valence-corrected chi connectivity index (χ2v) is 8.01. The first kappa shape index (κ1) is 12.3. The minimum Gasteiger partial charge on any atom is -0.458 e. The van der Waals surface area contributed by atoms with Gasteiger partial charge in [-0.2, -0.15) is 0 Å². The van der Waals surface area contributed by atoms with Gasteiger partial charge in [0.05, 0.1) is 29.1 Å². The molecular weight excluding hydrogens is 292 g/mol. The quantitative estimate of drug-likeness (QED) is 0.498. The van der Waals surface area contributed by atoms with Crippen molar-refractivity contribution in [2.45, 2.75) is 55.4 Å². The van der Waals surface area contributed by atoms with Crippen LogP contribution in [0.2, 0.25) is 0 Å². The zero-order valence-corrected chi connectivity index (χ0v) is 12.2. The Morgan fingerprint density at radius 3 is 2.64 bits per heavy atom. The van der Waals surface area contributed by atoms with Gasteiger partial charge in [-0.15, -0.1) is 0 Å². The number of esters is 2. The van der Waals surface area contributed by atoms with Crippen LogP contribution in [0.1, 0.15) is 20.3 Å². The van der Waals surface area contributed by atoms with E-state index in [4.69, 9.17) is 18.9 Å². The highest BCUT2D eigenvalue weighted by molar-refractivity contribution is 5.91. The second kappa shape index (κ2) is 2.83. The minimum absolute atomic E-state index is 0.272. The predicted molar refractivity (Wildman–Crippen MR) is 66.4 cm³/mol. The number of fused-ring (bicyclic) bond motifs is 4. The van der Waals surface area contributed by atoms with Gasteiger partial charge in [0, 0.05) is 12.3 Å². The Hall–Kier alpha value is -1.18. The van der Waals surface area contributed by atoms with Gasteiger partial charge in [0.1, 0.15) is 12.2 Å². The van der Waals surface area contributed by atoms with Gasteiger partial charge in [-0.1, -0.05) is 0 Å². The molecule has 2 aliphatic carbocycles. The summed E-state index contributed by atoms with van der Waals surface area (Å²) in [6.45, 7) is 4.26. The zero-order chi connectivity index (χ0) is 15.3. The van der Waals surface area contributed by atoms with Crippen LogP contribution in [-0.4, -0.2) is 58.8 Å². The average molecular weight is 308 g/mol. The van der Waals surface area contributed by atoms with Crippen molar-refractivity contribution in [3.63, 3.8) is 0 Å². The van der Waals surface area contributed by atoms with Crippen molar-refractivity contribution in [1.29, 1.82) is 0 Å². The first-order chi connectivity index (χ1) is 10.3. The lowest BCUT2D eigenvalue weighted by Gasteiger charge is -2.51. The number of epoxide rings is 2. The molecule has 118 valence electrons. The van der Waals surface area contributed by atoms with Crippen LogP contribution in [0, 0.1) is 17.3 Å². The standard InChI is InChI=1S/C15H16O7/c1-12(4-19-12)6-7-10(16)20-8(6)9-13(2)14(7,18)3-5-15(13,22-5)11(17)21-9/h5-9,18H,3-4H2,1-2H3/t5-,6+,7-,8-,9-,12+,13-,14-,15+/m1/s1. The molecule has 6 aliphatic rings. The molecule has 1 N–H and O–H groups in total. The monoisotopic (exact) mass is 308 g/mol. The van der Waals surface area contributed by atoms with Crippen LogP contribution in [-0.2, 0) is 28.5 Å². The van der Waals surface area contributed by atoms with Crippen LogP contribution >= 0.6 is 0 Å². The summed E-state index contributed by atoms with van der Waals surface area (Å²) in [7, 11) is 0. The molecule has 7 heteroatoms. The molecule has 2 bridgehead atoms. The Labute approximate surface area is 125 Å². The molecule has 0 unspecified atom stereocenters. The maximum atomic E-state index is 12.5. The van der Waals surface area contributed by atoms with E-state index in [9.17, 15) is 14.7 Å². The van der Waals surface area contributed by atoms with E-state index in [0.29, 0.717) is 6.61 Å². The fraction of sp³-hybridized carbons (Fsp3) is 0.867. The van der Waals surface area contributed by atoms with Gasteiger partial charge in [-0.25, -0.2) is 4.79 Å². The van der Waals surface area contributed by atoms with E-state index in [-0.39, 0.29) is 18.4 Å². The SMILES string of the molecule is C[C@]12[C@@H]3OC(=O)[C@]14O[C@@H]4C[C@@]2(O)[C@H]1C(=O)O[C@@H]3[C@H]1[C@]1(C)CO1. The molecule has 0 amide bonds. The van der Waals surface area contributed by atoms with Crippen molar-refractivity contribution in [2.75, 3.05) is 6.61 Å². The fourth-order valence-corrected chi connectivity index (χ4v) is 6.03. The van der Waals surface area contributed by atoms with Crippen LogP contribution in [0.25, 0.3) is 0 Å². The molecule has 9 atom stereocenters. The molecule has 4 heterocycles. The third-order valence-corrected chi connectivity index (χ3v) is 7.33. The maximum Gasteiger partial charge on any atom is 0.342 e. The van der Waals surface area contributed by atoms with Crippen LogP contribution in [0.15, 0.2) is 0 Å². The minimum atomic E-state index is -1.35. The number of carbonyl (C=O) groups excluding carboxylic acids is 2. The van der Waals surface area contributed by atoms with E-state index in [1.54, 1.807) is 0 Å². The van der Waals surface area contributed by atoms with Crippen molar-refractivity contribution in [3.05, 3.63) is 0 Å². The van der Waals surface area contributed by atoms with Crippen LogP contribution < -0.4 is 0 Å². The highest BCUT2D eigenvalue weighted by atomic mass is 16.7. The molecule has 0 aromatic heterocycles. The smallest absolute Gasteiger partial charge is 0.342 e. The van der Waals surface area contributed by atoms with Crippen LogP contribution in [0.5, 0.6) is 0 Å². The number of hydrogen-bond acceptors (Lipinski definition) is 7. The van der Waals surface area contributed by atoms with E-state index in [2.05, 4.69) is 0 Å². The molecular formula is C15H16O7. The van der Waals surface area contributed by atoms with Crippen LogP contribution in [0.4, 0.5) is 0 Å². The molecule has 0 radical (unpaired) electrons. The number of hydrogen-bond donors (Lipinski definition) is 1. The van der Waals surface area contributed by atoms with E-state index >= 15 is 0 Å². The first-order valence-electron chi connectivity index (χ1n) is 7.75. The third kappa shape index (κ3) is 0.851. The largest absolute Gasteiger partial charge is 0.458 e. The molecule has 2 saturated carbocycles. The Balaban J connectivity index is 1.61. The Bertz CT molecular complexity index is 671. The maximum absolute atomic E-state index is 12.5. The van der Waals surface area contributed by atoms with E-state index in [1.165, 1.54) is 0 Å². The molecule has 0 aromatic rings. The summed E-state index contributed by atoms with van der Waals surface area (Å²) in [6, 6.07) is 0. The second-order valence-electron chi connectivity index (χ2n) is 8.01. The summed E-state index contributed by atoms with van der Waals surface area (Å²) >= 11 is 0. The lowest BCUT2D eigenvalue weighted by Crippen LogP contribution is -2.68. The van der Waals surface area contributed by atoms with Crippen molar-refractivity contribution >= 4 is 11.9 Å². The molecule has 6 fully saturated rings. The third-order valence-electron chi connectivity index (χ3n) is 7.33. The van der Waals surface area contributed by atoms with Crippen molar-refractivity contribution < 1.29 is 33.6 Å². The summed E-state index contributed by atoms with van der Waals surface area (Å²) in [5, 5.41) is 11.5. The van der Waals surface area contributed by atoms with E-state index < -0.39 is 52.3 Å². The molecule has 0 aromatic carbocycles. The lowest BCUT2D eigenvalue weighted by molar-refractivity contribution is -0.207. The van der Waals surface area contributed by atoms with Crippen molar-refractivity contribution in [3.8, 4) is 0 Å². The number of aliphatic hydroxyl groups is 1. The average Bonchev–Trinajstić information content (AvgIpc) is 3.28. The normalized spacial score (nSPS) is 69.1. The number of carbonyl (C=O) groups is 2. The van der Waals surface area contributed by atoms with E-state index in [0.717, 1.165) is 0 Å². The van der Waals surface area contributed by atoms with Gasteiger partial charge in [0.15, 0.2) is 6.10 Å². The molecule has 6 rings (SSSR count). The topological polar surface area (TPSA) is 97.9 Å². The van der Waals surface area contributed by atoms with Gasteiger partial charge in [0.25, 0.3) is 0 Å². The zero-order valence-electron chi connectivity index (χ0n) is 12.2. The lowest BCUT2D eigenvalue weighted by atomic mass is 9.52. The Morgan fingerprint density at radius 2 is 1.95 bits per heavy atom. The first-order valence-corrected chi connectivity index (χ1v) is 7.75. The molecule has 22 heavy (non-hydrogen) atoms. The molecule has 4 aliphatic heterocycles. The Morgan fingerprint density at radius 1 is 1.23 bits per heavy atom. The highest BCUT2D eigenvalue weighted by Crippen LogP contribution is 2.77. The summed E-state index contributed by atoms with van der Waals surface area (Å²) < 4.78 is 22.3. The van der Waals surface area contributed by atoms with Crippen molar-refractivity contribution in [2.24, 2.45) is 17.3 Å². The number of rotatable bonds is 1. The van der Waals surface area contributed by atoms with Crippen molar-refractivity contribution in [1.82, 2.24) is 0 Å². The summed E-state index contributed by atoms with van der Waals surface area (Å²) in [5.41, 5.74) is -3.87. The summed E-state index contributed by atoms with van der Waals surface area (Å²) in [4.78, 5) is 24.9. The van der Waals surface area contributed by atoms with E-state index in [1.807, 2.05) is 13.8 Å². The molecule has 7 nitrogen and oxygen atoms in total. The van der Waals surface area contributed by atoms with Crippen LogP contribution in [0.3, 0.4) is 0 Å². The van der Waals surface area contributed by atoms with Gasteiger partial charge in [0.2, 0.25) is 5.60 Å². The van der Waals surface area contributed by atoms with Gasteiger partial charge in [-0.05, 0) is 13.8 Å². The summed E-state index contributed by atoms with van der Waals surface area (Å²) in [6.07, 6.45) is -1.33. The van der Waals surface area contributed by atoms with Gasteiger partial charge in [-0.3, -0.25) is 4.79 Å². The fourth-order valence-electron chi connectivity index (χ4n) is 6.03.